The van der Waals surface area contributed by atoms with E-state index < -0.39 is 17.8 Å². The predicted molar refractivity (Wildman–Crippen MR) is 60.3 cm³/mol. The summed E-state index contributed by atoms with van der Waals surface area (Å²) in [6.07, 6.45) is -2.81. The summed E-state index contributed by atoms with van der Waals surface area (Å²) in [5, 5.41) is 0.521. The zero-order chi connectivity index (χ0) is 12.4. The molecule has 0 spiro atoms. The molecule has 1 N–H and O–H groups in total. The van der Waals surface area contributed by atoms with Crippen LogP contribution in [0.1, 0.15) is 12.2 Å². The van der Waals surface area contributed by atoms with Crippen molar-refractivity contribution in [2.75, 3.05) is 0 Å². The number of alkyl halides is 2. The molecule has 0 saturated heterocycles. The van der Waals surface area contributed by atoms with Gasteiger partial charge in [-0.1, -0.05) is 23.7 Å². The predicted octanol–water partition coefficient (Wildman–Crippen LogP) is 3.03. The molecule has 0 aliphatic heterocycles. The first-order chi connectivity index (χ1) is 8.06. The number of aromatic nitrogens is 2. The summed E-state index contributed by atoms with van der Waals surface area (Å²) in [6.45, 7) is 0. The highest BCUT2D eigenvalue weighted by molar-refractivity contribution is 6.30. The maximum atomic E-state index is 12.5. The number of H-pyrrole nitrogens is 1. The van der Waals surface area contributed by atoms with Crippen LogP contribution in [-0.4, -0.2) is 9.97 Å². The molecule has 6 heteroatoms. The van der Waals surface area contributed by atoms with E-state index in [-0.39, 0.29) is 5.69 Å². The van der Waals surface area contributed by atoms with Crippen LogP contribution in [0, 0.1) is 0 Å². The Morgan fingerprint density at radius 2 is 1.88 bits per heavy atom. The fourth-order valence-electron chi connectivity index (χ4n) is 1.35. The Morgan fingerprint density at radius 1 is 1.24 bits per heavy atom. The van der Waals surface area contributed by atoms with Crippen molar-refractivity contribution < 1.29 is 8.78 Å². The number of nitrogens with one attached hydrogen (secondary N) is 1. The Bertz CT molecular complexity index is 581. The smallest absolute Gasteiger partial charge is 0.295 e. The molecular weight excluding hydrogens is 250 g/mol. The van der Waals surface area contributed by atoms with Crippen molar-refractivity contribution in [3.63, 3.8) is 0 Å². The number of hydrogen-bond acceptors (Lipinski definition) is 2. The molecule has 1 aromatic heterocycles. The van der Waals surface area contributed by atoms with Gasteiger partial charge in [0, 0.05) is 16.7 Å². The summed E-state index contributed by atoms with van der Waals surface area (Å²) in [7, 11) is 0. The summed E-state index contributed by atoms with van der Waals surface area (Å²) in [6, 6.07) is 7.58. The molecule has 88 valence electrons. The van der Waals surface area contributed by atoms with Gasteiger partial charge in [0.1, 0.15) is 0 Å². The van der Waals surface area contributed by atoms with Gasteiger partial charge in [0.25, 0.3) is 12.0 Å². The van der Waals surface area contributed by atoms with E-state index in [9.17, 15) is 13.6 Å². The first-order valence-corrected chi connectivity index (χ1v) is 5.09. The van der Waals surface area contributed by atoms with Crippen LogP contribution in [0.25, 0.3) is 11.3 Å². The van der Waals surface area contributed by atoms with Crippen LogP contribution in [0.2, 0.25) is 5.02 Å². The van der Waals surface area contributed by atoms with Gasteiger partial charge in [0.2, 0.25) is 0 Å². The van der Waals surface area contributed by atoms with E-state index in [1.807, 2.05) is 4.98 Å². The lowest BCUT2D eigenvalue weighted by molar-refractivity contribution is 0.140. The number of halogens is 3. The minimum atomic E-state index is -2.81. The Balaban J connectivity index is 2.52. The summed E-state index contributed by atoms with van der Waals surface area (Å²) < 4.78 is 24.9. The highest BCUT2D eigenvalue weighted by Gasteiger charge is 2.12. The first-order valence-electron chi connectivity index (χ1n) is 4.71. The van der Waals surface area contributed by atoms with Gasteiger partial charge in [0.05, 0.1) is 5.69 Å². The second kappa shape index (κ2) is 4.63. The third kappa shape index (κ3) is 2.68. The molecular formula is C11H7ClF2N2O. The summed E-state index contributed by atoms with van der Waals surface area (Å²) in [4.78, 5) is 16.9. The maximum Gasteiger partial charge on any atom is 0.295 e. The van der Waals surface area contributed by atoms with Crippen molar-refractivity contribution in [1.29, 1.82) is 0 Å². The topological polar surface area (TPSA) is 45.8 Å². The summed E-state index contributed by atoms with van der Waals surface area (Å²) in [5.74, 6) is -0.637. The highest BCUT2D eigenvalue weighted by atomic mass is 35.5. The van der Waals surface area contributed by atoms with E-state index in [0.717, 1.165) is 6.07 Å². The molecule has 0 atom stereocenters. The van der Waals surface area contributed by atoms with E-state index in [0.29, 0.717) is 10.6 Å². The van der Waals surface area contributed by atoms with Crippen LogP contribution in [0.5, 0.6) is 0 Å². The first kappa shape index (κ1) is 11.7. The third-order valence-corrected chi connectivity index (χ3v) is 2.36. The number of aromatic amines is 1. The van der Waals surface area contributed by atoms with Crippen LogP contribution in [0.4, 0.5) is 8.78 Å². The van der Waals surface area contributed by atoms with Gasteiger partial charge in [-0.25, -0.2) is 13.8 Å². The van der Waals surface area contributed by atoms with E-state index in [4.69, 9.17) is 11.6 Å². The van der Waals surface area contributed by atoms with Crippen LogP contribution in [0.3, 0.4) is 0 Å². The van der Waals surface area contributed by atoms with Crippen molar-refractivity contribution in [1.82, 2.24) is 9.97 Å². The number of rotatable bonds is 2. The van der Waals surface area contributed by atoms with Gasteiger partial charge in [-0.15, -0.1) is 0 Å². The fourth-order valence-corrected chi connectivity index (χ4v) is 1.47. The van der Waals surface area contributed by atoms with Crippen LogP contribution in [0.15, 0.2) is 35.1 Å². The lowest BCUT2D eigenvalue weighted by Gasteiger charge is -2.03. The van der Waals surface area contributed by atoms with Gasteiger partial charge in [-0.2, -0.15) is 0 Å². The second-order valence-corrected chi connectivity index (χ2v) is 3.76. The lowest BCUT2D eigenvalue weighted by Crippen LogP contribution is -2.11. The van der Waals surface area contributed by atoms with Gasteiger partial charge in [-0.3, -0.25) is 4.79 Å². The highest BCUT2D eigenvalue weighted by Crippen LogP contribution is 2.20. The molecule has 0 aliphatic rings. The molecule has 0 bridgehead atoms. The van der Waals surface area contributed by atoms with Crippen molar-refractivity contribution in [3.8, 4) is 11.3 Å². The summed E-state index contributed by atoms with van der Waals surface area (Å²) >= 11 is 5.70. The van der Waals surface area contributed by atoms with Gasteiger partial charge >= 0.3 is 0 Å². The zero-order valence-corrected chi connectivity index (χ0v) is 9.21. The fraction of sp³-hybridized carbons (Fsp3) is 0.0909. The zero-order valence-electron chi connectivity index (χ0n) is 8.45. The minimum absolute atomic E-state index is 0.195. The second-order valence-electron chi connectivity index (χ2n) is 3.32. The molecule has 0 amide bonds. The van der Waals surface area contributed by atoms with Crippen molar-refractivity contribution >= 4 is 11.6 Å². The quantitative estimate of drug-likeness (QED) is 0.898. The Morgan fingerprint density at radius 3 is 2.47 bits per heavy atom. The normalized spacial score (nSPS) is 10.8. The monoisotopic (exact) mass is 256 g/mol. The average molecular weight is 257 g/mol. The van der Waals surface area contributed by atoms with Crippen LogP contribution in [-0.2, 0) is 0 Å². The van der Waals surface area contributed by atoms with E-state index >= 15 is 0 Å². The number of hydrogen-bond donors (Lipinski definition) is 1. The Labute approximate surface area is 100 Å². The molecule has 1 heterocycles. The standard InChI is InChI=1S/C11H7ClF2N2O/c12-7-3-1-6(2-4-7)8-5-9(17)16-11(15-8)10(13)14/h1-5,10H,(H,15,16,17). The lowest BCUT2D eigenvalue weighted by atomic mass is 10.1. The van der Waals surface area contributed by atoms with Crippen molar-refractivity contribution in [3.05, 3.63) is 51.5 Å². The molecule has 0 saturated carbocycles. The SMILES string of the molecule is O=c1cc(-c2ccc(Cl)cc2)nc(C(F)F)[nH]1. The van der Waals surface area contributed by atoms with E-state index in [1.54, 1.807) is 24.3 Å². The molecule has 1 aromatic carbocycles. The number of benzene rings is 1. The molecule has 3 nitrogen and oxygen atoms in total. The summed E-state index contributed by atoms with van der Waals surface area (Å²) in [5.41, 5.74) is 0.142. The molecule has 0 aliphatic carbocycles. The molecule has 0 radical (unpaired) electrons. The molecule has 0 unspecified atom stereocenters. The molecule has 2 aromatic rings. The largest absolute Gasteiger partial charge is 0.306 e. The number of nitrogens with zero attached hydrogens (tertiary/aromatic N) is 1. The molecule has 2 rings (SSSR count). The molecule has 17 heavy (non-hydrogen) atoms. The van der Waals surface area contributed by atoms with Crippen molar-refractivity contribution in [2.24, 2.45) is 0 Å². The molecule has 0 fully saturated rings. The average Bonchev–Trinajstić information content (AvgIpc) is 2.29. The van der Waals surface area contributed by atoms with Gasteiger partial charge in [-0.05, 0) is 12.1 Å². The van der Waals surface area contributed by atoms with Crippen LogP contribution < -0.4 is 5.56 Å². The van der Waals surface area contributed by atoms with Crippen molar-refractivity contribution in [2.45, 2.75) is 6.43 Å². The van der Waals surface area contributed by atoms with Gasteiger partial charge in [0.15, 0.2) is 5.82 Å². The van der Waals surface area contributed by atoms with Crippen LogP contribution >= 0.6 is 11.6 Å². The maximum absolute atomic E-state index is 12.5. The third-order valence-electron chi connectivity index (χ3n) is 2.11. The Kier molecular flexibility index (Phi) is 3.19. The van der Waals surface area contributed by atoms with E-state index in [2.05, 4.69) is 4.98 Å². The van der Waals surface area contributed by atoms with Gasteiger partial charge < -0.3 is 4.98 Å². The Hall–Kier alpha value is -1.75. The van der Waals surface area contributed by atoms with E-state index in [1.165, 1.54) is 0 Å². The minimum Gasteiger partial charge on any atom is -0.306 e.